The number of ketones is 1. The minimum atomic E-state index is -1.23. The van der Waals surface area contributed by atoms with E-state index >= 15 is 0 Å². The lowest BCUT2D eigenvalue weighted by molar-refractivity contribution is -0.385. The van der Waals surface area contributed by atoms with Crippen molar-refractivity contribution in [2.24, 2.45) is 5.92 Å². The number of carbonyl (C=O) groups is 1. The largest absolute Gasteiger partial charge is 0.482 e. The third-order valence-electron chi connectivity index (χ3n) is 6.08. The molecule has 0 amide bonds. The summed E-state index contributed by atoms with van der Waals surface area (Å²) in [4.78, 5) is 35.4. The summed E-state index contributed by atoms with van der Waals surface area (Å²) in [6, 6.07) is 19.0. The molecule has 3 unspecified atom stereocenters. The molecule has 0 bridgehead atoms. The van der Waals surface area contributed by atoms with Crippen LogP contribution in [0.15, 0.2) is 72.8 Å². The van der Waals surface area contributed by atoms with Gasteiger partial charge < -0.3 is 4.74 Å². The van der Waals surface area contributed by atoms with E-state index < -0.39 is 27.3 Å². The Morgan fingerprint density at radius 2 is 1.56 bits per heavy atom. The first-order valence-electron chi connectivity index (χ1n) is 10.0. The SMILES string of the molecule is CC1c2cc([N+](=O)[O-])ccc2OC(C)(c2cccc([N+](=O)[O-])c2)C1C(=O)c1ccccc1. The fourth-order valence-electron chi connectivity index (χ4n) is 4.47. The lowest BCUT2D eigenvalue weighted by Crippen LogP contribution is -2.48. The number of nitro benzene ring substituents is 2. The smallest absolute Gasteiger partial charge is 0.269 e. The molecule has 8 heteroatoms. The second-order valence-electron chi connectivity index (χ2n) is 7.99. The van der Waals surface area contributed by atoms with Crippen molar-refractivity contribution in [1.29, 1.82) is 0 Å². The fourth-order valence-corrected chi connectivity index (χ4v) is 4.47. The van der Waals surface area contributed by atoms with Gasteiger partial charge in [-0.05, 0) is 18.9 Å². The third kappa shape index (κ3) is 3.49. The molecule has 3 aromatic rings. The van der Waals surface area contributed by atoms with Gasteiger partial charge in [-0.3, -0.25) is 25.0 Å². The molecule has 0 aliphatic carbocycles. The average molecular weight is 432 g/mol. The Morgan fingerprint density at radius 1 is 0.906 bits per heavy atom. The van der Waals surface area contributed by atoms with Crippen molar-refractivity contribution in [3.63, 3.8) is 0 Å². The Hall–Kier alpha value is -4.07. The van der Waals surface area contributed by atoms with Gasteiger partial charge in [0, 0.05) is 41.0 Å². The van der Waals surface area contributed by atoms with Crippen LogP contribution in [0.3, 0.4) is 0 Å². The van der Waals surface area contributed by atoms with Crippen molar-refractivity contribution in [1.82, 2.24) is 0 Å². The molecule has 0 aromatic heterocycles. The van der Waals surface area contributed by atoms with Gasteiger partial charge in [0.25, 0.3) is 11.4 Å². The Balaban J connectivity index is 1.92. The van der Waals surface area contributed by atoms with Crippen LogP contribution in [0.25, 0.3) is 0 Å². The highest BCUT2D eigenvalue weighted by atomic mass is 16.6. The van der Waals surface area contributed by atoms with E-state index in [0.717, 1.165) is 0 Å². The van der Waals surface area contributed by atoms with Crippen LogP contribution in [0.1, 0.15) is 41.3 Å². The maximum absolute atomic E-state index is 13.7. The van der Waals surface area contributed by atoms with Gasteiger partial charge in [0.15, 0.2) is 5.78 Å². The first kappa shape index (κ1) is 21.2. The summed E-state index contributed by atoms with van der Waals surface area (Å²) in [5.41, 5.74) is 0.0674. The monoisotopic (exact) mass is 432 g/mol. The molecule has 1 aliphatic heterocycles. The Morgan fingerprint density at radius 3 is 2.22 bits per heavy atom. The number of Topliss-reactive ketones (excluding diaryl/α,β-unsaturated/α-hetero) is 1. The molecule has 3 aromatic carbocycles. The van der Waals surface area contributed by atoms with Crippen molar-refractivity contribution >= 4 is 17.2 Å². The number of ether oxygens (including phenoxy) is 1. The van der Waals surface area contributed by atoms with Crippen LogP contribution in [-0.4, -0.2) is 15.6 Å². The van der Waals surface area contributed by atoms with Crippen LogP contribution in [0.2, 0.25) is 0 Å². The number of rotatable bonds is 5. The quantitative estimate of drug-likeness (QED) is 0.302. The zero-order chi connectivity index (χ0) is 23.0. The van der Waals surface area contributed by atoms with E-state index in [0.29, 0.717) is 22.4 Å². The first-order chi connectivity index (χ1) is 15.2. The summed E-state index contributed by atoms with van der Waals surface area (Å²) < 4.78 is 6.33. The van der Waals surface area contributed by atoms with Gasteiger partial charge in [0.05, 0.1) is 15.8 Å². The maximum Gasteiger partial charge on any atom is 0.269 e. The summed E-state index contributed by atoms with van der Waals surface area (Å²) in [7, 11) is 0. The van der Waals surface area contributed by atoms with E-state index in [1.165, 1.54) is 30.3 Å². The molecule has 32 heavy (non-hydrogen) atoms. The van der Waals surface area contributed by atoms with Gasteiger partial charge in [0.2, 0.25) is 0 Å². The topological polar surface area (TPSA) is 113 Å². The standard InChI is InChI=1S/C24H20N2O6/c1-15-20-14-19(26(30)31)11-12-21(20)32-24(2,17-9-6-10-18(13-17)25(28)29)22(15)23(27)16-7-4-3-5-8-16/h3-15,22H,1-2H3. The molecule has 1 heterocycles. The molecule has 0 saturated heterocycles. The molecule has 0 spiro atoms. The molecular weight excluding hydrogens is 412 g/mol. The predicted molar refractivity (Wildman–Crippen MR) is 117 cm³/mol. The van der Waals surface area contributed by atoms with Gasteiger partial charge in [-0.1, -0.05) is 49.4 Å². The maximum atomic E-state index is 13.7. The van der Waals surface area contributed by atoms with E-state index in [2.05, 4.69) is 0 Å². The molecule has 162 valence electrons. The van der Waals surface area contributed by atoms with Gasteiger partial charge in [0.1, 0.15) is 11.4 Å². The van der Waals surface area contributed by atoms with Crippen molar-refractivity contribution in [2.45, 2.75) is 25.4 Å². The van der Waals surface area contributed by atoms with Crippen molar-refractivity contribution in [3.05, 3.63) is 110 Å². The summed E-state index contributed by atoms with van der Waals surface area (Å²) in [5.74, 6) is -1.02. The zero-order valence-electron chi connectivity index (χ0n) is 17.4. The van der Waals surface area contributed by atoms with E-state index in [4.69, 9.17) is 4.74 Å². The Labute approximate surface area is 183 Å². The molecule has 1 aliphatic rings. The van der Waals surface area contributed by atoms with Crippen LogP contribution in [0.5, 0.6) is 5.75 Å². The molecule has 4 rings (SSSR count). The predicted octanol–water partition coefficient (Wildman–Crippen LogP) is 5.41. The normalized spacial score (nSPS) is 21.8. The average Bonchev–Trinajstić information content (AvgIpc) is 2.79. The number of non-ortho nitro benzene ring substituents is 2. The van der Waals surface area contributed by atoms with Crippen LogP contribution >= 0.6 is 0 Å². The zero-order valence-corrected chi connectivity index (χ0v) is 17.4. The fraction of sp³-hybridized carbons (Fsp3) is 0.208. The van der Waals surface area contributed by atoms with E-state index in [1.54, 1.807) is 49.4 Å². The molecule has 0 radical (unpaired) electrons. The molecule has 8 nitrogen and oxygen atoms in total. The molecule has 3 atom stereocenters. The van der Waals surface area contributed by atoms with E-state index in [-0.39, 0.29) is 17.2 Å². The van der Waals surface area contributed by atoms with E-state index in [9.17, 15) is 25.0 Å². The second-order valence-corrected chi connectivity index (χ2v) is 7.99. The highest BCUT2D eigenvalue weighted by Crippen LogP contribution is 2.51. The Bertz CT molecular complexity index is 1230. The van der Waals surface area contributed by atoms with Gasteiger partial charge in [-0.25, -0.2) is 0 Å². The highest BCUT2D eigenvalue weighted by molar-refractivity contribution is 5.99. The number of carbonyl (C=O) groups excluding carboxylic acids is 1. The highest BCUT2D eigenvalue weighted by Gasteiger charge is 2.51. The van der Waals surface area contributed by atoms with Gasteiger partial charge in [-0.2, -0.15) is 0 Å². The summed E-state index contributed by atoms with van der Waals surface area (Å²) in [5, 5.41) is 22.7. The number of hydrogen-bond donors (Lipinski definition) is 0. The summed E-state index contributed by atoms with van der Waals surface area (Å²) in [6.07, 6.45) is 0. The minimum absolute atomic E-state index is 0.0935. The Kier molecular flexibility index (Phi) is 5.22. The number of fused-ring (bicyclic) bond motifs is 1. The minimum Gasteiger partial charge on any atom is -0.482 e. The second kappa shape index (κ2) is 7.88. The number of nitrogens with zero attached hydrogens (tertiary/aromatic N) is 2. The number of benzene rings is 3. The van der Waals surface area contributed by atoms with Crippen LogP contribution in [-0.2, 0) is 5.60 Å². The third-order valence-corrected chi connectivity index (χ3v) is 6.08. The number of nitro groups is 2. The lowest BCUT2D eigenvalue weighted by atomic mass is 9.68. The molecule has 0 fully saturated rings. The summed E-state index contributed by atoms with van der Waals surface area (Å²) >= 11 is 0. The van der Waals surface area contributed by atoms with Gasteiger partial charge >= 0.3 is 0 Å². The van der Waals surface area contributed by atoms with Gasteiger partial charge in [-0.15, -0.1) is 0 Å². The lowest BCUT2D eigenvalue weighted by Gasteiger charge is -2.45. The van der Waals surface area contributed by atoms with Crippen LogP contribution < -0.4 is 4.74 Å². The van der Waals surface area contributed by atoms with Crippen molar-refractivity contribution < 1.29 is 19.4 Å². The van der Waals surface area contributed by atoms with Crippen LogP contribution in [0, 0.1) is 26.1 Å². The molecule has 0 saturated carbocycles. The molecular formula is C24H20N2O6. The molecule has 0 N–H and O–H groups in total. The van der Waals surface area contributed by atoms with Crippen molar-refractivity contribution in [3.8, 4) is 5.75 Å². The first-order valence-corrected chi connectivity index (χ1v) is 10.0. The van der Waals surface area contributed by atoms with E-state index in [1.807, 2.05) is 6.92 Å². The van der Waals surface area contributed by atoms with Crippen molar-refractivity contribution in [2.75, 3.05) is 0 Å². The summed E-state index contributed by atoms with van der Waals surface area (Å²) in [6.45, 7) is 3.56. The van der Waals surface area contributed by atoms with Crippen LogP contribution in [0.4, 0.5) is 11.4 Å². The number of hydrogen-bond acceptors (Lipinski definition) is 6.